The van der Waals surface area contributed by atoms with E-state index in [4.69, 9.17) is 11.5 Å². The van der Waals surface area contributed by atoms with E-state index in [-0.39, 0.29) is 0 Å². The van der Waals surface area contributed by atoms with Crippen LogP contribution in [0.3, 0.4) is 0 Å². The normalized spacial score (nSPS) is 20.7. The van der Waals surface area contributed by atoms with Crippen LogP contribution in [0, 0.1) is 0 Å². The van der Waals surface area contributed by atoms with Crippen LogP contribution in [-0.4, -0.2) is 21.0 Å². The lowest BCUT2D eigenvalue weighted by Gasteiger charge is -2.34. The molecule has 3 aromatic rings. The first-order valence-electron chi connectivity index (χ1n) is 7.19. The van der Waals surface area contributed by atoms with Gasteiger partial charge in [0.05, 0.1) is 22.1 Å². The largest absolute Gasteiger partial charge is 0.394 e. The Kier molecular flexibility index (Phi) is 3.07. The summed E-state index contributed by atoms with van der Waals surface area (Å²) >= 11 is 1.69. The highest BCUT2D eigenvalue weighted by molar-refractivity contribution is 7.22. The Hall–Kier alpha value is -2.41. The van der Waals surface area contributed by atoms with Gasteiger partial charge in [0.15, 0.2) is 5.13 Å². The Bertz CT molecular complexity index is 791. The smallest absolute Gasteiger partial charge is 0.184 e. The Balaban J connectivity index is 1.41. The number of hydrogen-bond donors (Lipinski definition) is 3. The monoisotopic (exact) mass is 312 g/mol. The fourth-order valence-electron chi connectivity index (χ4n) is 2.67. The van der Waals surface area contributed by atoms with Gasteiger partial charge in [-0.3, -0.25) is 0 Å². The number of nitrogen functional groups attached to an aromatic ring is 2. The Morgan fingerprint density at radius 3 is 2.73 bits per heavy atom. The molecular weight excluding hydrogens is 296 g/mol. The van der Waals surface area contributed by atoms with E-state index in [1.54, 1.807) is 17.5 Å². The lowest BCUT2D eigenvalue weighted by atomic mass is 9.80. The second-order valence-electron chi connectivity index (χ2n) is 5.57. The van der Waals surface area contributed by atoms with Crippen LogP contribution < -0.4 is 16.8 Å². The number of anilines is 3. The lowest BCUT2D eigenvalue weighted by Crippen LogP contribution is -2.35. The number of aromatic nitrogens is 3. The van der Waals surface area contributed by atoms with E-state index in [1.165, 1.54) is 4.70 Å². The maximum absolute atomic E-state index is 5.74. The maximum atomic E-state index is 5.74. The lowest BCUT2D eigenvalue weighted by molar-refractivity contribution is 0.359. The molecule has 0 aliphatic heterocycles. The fraction of sp³-hybridized carbons (Fsp3) is 0.267. The maximum Gasteiger partial charge on any atom is 0.184 e. The van der Waals surface area contributed by atoms with Crippen molar-refractivity contribution in [2.24, 2.45) is 0 Å². The van der Waals surface area contributed by atoms with Crippen molar-refractivity contribution >= 4 is 38.2 Å². The zero-order valence-electron chi connectivity index (χ0n) is 11.9. The summed E-state index contributed by atoms with van der Waals surface area (Å²) in [5, 5.41) is 4.46. The molecule has 1 fully saturated rings. The molecule has 1 aliphatic rings. The number of thiazole rings is 1. The summed E-state index contributed by atoms with van der Waals surface area (Å²) in [6, 6.07) is 8.58. The van der Waals surface area contributed by atoms with Crippen molar-refractivity contribution in [1.82, 2.24) is 15.0 Å². The average Bonchev–Trinajstić information content (AvgIpc) is 2.88. The first-order chi connectivity index (χ1) is 10.7. The van der Waals surface area contributed by atoms with E-state index in [0.717, 1.165) is 29.3 Å². The van der Waals surface area contributed by atoms with Crippen molar-refractivity contribution in [2.45, 2.75) is 24.8 Å². The van der Waals surface area contributed by atoms with Gasteiger partial charge in [-0.25, -0.2) is 15.0 Å². The summed E-state index contributed by atoms with van der Waals surface area (Å²) in [6.45, 7) is 0. The molecule has 4 rings (SSSR count). The minimum atomic E-state index is 0.342. The summed E-state index contributed by atoms with van der Waals surface area (Å²) in [7, 11) is 0. The molecule has 5 N–H and O–H groups in total. The number of nitrogens with zero attached hydrogens (tertiary/aromatic N) is 3. The summed E-state index contributed by atoms with van der Waals surface area (Å²) in [5.74, 6) is 1.50. The highest BCUT2D eigenvalue weighted by Crippen LogP contribution is 2.38. The molecule has 0 spiro atoms. The quantitative estimate of drug-likeness (QED) is 0.687. The van der Waals surface area contributed by atoms with E-state index in [0.29, 0.717) is 23.5 Å². The molecule has 1 saturated carbocycles. The van der Waals surface area contributed by atoms with Gasteiger partial charge in [0.2, 0.25) is 0 Å². The van der Waals surface area contributed by atoms with Crippen LogP contribution >= 0.6 is 11.3 Å². The zero-order chi connectivity index (χ0) is 15.1. The minimum Gasteiger partial charge on any atom is -0.394 e. The van der Waals surface area contributed by atoms with Crippen LogP contribution in [-0.2, 0) is 0 Å². The molecule has 1 aromatic carbocycles. The van der Waals surface area contributed by atoms with Crippen molar-refractivity contribution in [1.29, 1.82) is 0 Å². The zero-order valence-corrected chi connectivity index (χ0v) is 12.7. The van der Waals surface area contributed by atoms with E-state index in [9.17, 15) is 0 Å². The molecule has 1 aliphatic carbocycles. The van der Waals surface area contributed by atoms with Gasteiger partial charge in [0.25, 0.3) is 0 Å². The molecule has 112 valence electrons. The number of nitrogens with two attached hydrogens (primary N) is 2. The van der Waals surface area contributed by atoms with Crippen molar-refractivity contribution in [3.05, 3.63) is 36.3 Å². The summed E-state index contributed by atoms with van der Waals surface area (Å²) in [6.07, 6.45) is 3.56. The van der Waals surface area contributed by atoms with Crippen LogP contribution in [0.5, 0.6) is 0 Å². The standard InChI is InChI=1S/C15H16N6S/c16-10-7-18-14(21-13(10)17)8-5-9(6-8)19-15-20-11-3-1-2-4-12(11)22-15/h1-4,7-9H,5-6,16H2,(H,19,20)(H2,17,18,21)/t8-,9-. The van der Waals surface area contributed by atoms with Gasteiger partial charge in [0, 0.05) is 12.0 Å². The van der Waals surface area contributed by atoms with E-state index >= 15 is 0 Å². The van der Waals surface area contributed by atoms with Crippen LogP contribution in [0.25, 0.3) is 10.2 Å². The second-order valence-corrected chi connectivity index (χ2v) is 6.60. The van der Waals surface area contributed by atoms with Gasteiger partial charge in [-0.15, -0.1) is 0 Å². The van der Waals surface area contributed by atoms with Gasteiger partial charge in [-0.05, 0) is 25.0 Å². The molecule has 0 unspecified atom stereocenters. The topological polar surface area (TPSA) is 103 Å². The van der Waals surface area contributed by atoms with Crippen LogP contribution in [0.15, 0.2) is 30.5 Å². The van der Waals surface area contributed by atoms with Gasteiger partial charge < -0.3 is 16.8 Å². The summed E-state index contributed by atoms with van der Waals surface area (Å²) in [5.41, 5.74) is 12.9. The first-order valence-corrected chi connectivity index (χ1v) is 8.00. The molecule has 0 atom stereocenters. The second kappa shape index (κ2) is 5.10. The highest BCUT2D eigenvalue weighted by Gasteiger charge is 2.33. The molecule has 0 bridgehead atoms. The third-order valence-corrected chi connectivity index (χ3v) is 4.96. The molecular formula is C15H16N6S. The van der Waals surface area contributed by atoms with E-state index in [1.807, 2.05) is 18.2 Å². The van der Waals surface area contributed by atoms with Crippen molar-refractivity contribution in [3.63, 3.8) is 0 Å². The molecule has 0 saturated heterocycles. The fourth-order valence-corrected chi connectivity index (χ4v) is 3.61. The first kappa shape index (κ1) is 13.3. The SMILES string of the molecule is Nc1cnc([C@H]2C[C@H](Nc3nc4ccccc4s3)C2)nc1N. The van der Waals surface area contributed by atoms with Crippen molar-refractivity contribution in [3.8, 4) is 0 Å². The van der Waals surface area contributed by atoms with Gasteiger partial charge >= 0.3 is 0 Å². The Labute approximate surface area is 131 Å². The third-order valence-electron chi connectivity index (χ3n) is 3.99. The number of para-hydroxylation sites is 1. The minimum absolute atomic E-state index is 0.342. The number of benzene rings is 1. The van der Waals surface area contributed by atoms with Gasteiger partial charge in [-0.1, -0.05) is 23.5 Å². The molecule has 2 aromatic heterocycles. The van der Waals surface area contributed by atoms with E-state index < -0.39 is 0 Å². The predicted molar refractivity (Wildman–Crippen MR) is 89.9 cm³/mol. The molecule has 7 heteroatoms. The number of rotatable bonds is 3. The third kappa shape index (κ3) is 2.33. The van der Waals surface area contributed by atoms with Gasteiger partial charge in [-0.2, -0.15) is 0 Å². The number of fused-ring (bicyclic) bond motifs is 1. The molecule has 6 nitrogen and oxygen atoms in total. The molecule has 0 amide bonds. The van der Waals surface area contributed by atoms with Crippen molar-refractivity contribution < 1.29 is 0 Å². The molecule has 22 heavy (non-hydrogen) atoms. The number of hydrogen-bond acceptors (Lipinski definition) is 7. The van der Waals surface area contributed by atoms with Crippen LogP contribution in [0.2, 0.25) is 0 Å². The predicted octanol–water partition coefficient (Wildman–Crippen LogP) is 2.61. The summed E-state index contributed by atoms with van der Waals surface area (Å²) < 4.78 is 1.20. The van der Waals surface area contributed by atoms with Crippen molar-refractivity contribution in [2.75, 3.05) is 16.8 Å². The Morgan fingerprint density at radius 2 is 1.95 bits per heavy atom. The van der Waals surface area contributed by atoms with Gasteiger partial charge in [0.1, 0.15) is 11.6 Å². The van der Waals surface area contributed by atoms with E-state index in [2.05, 4.69) is 26.3 Å². The van der Waals surface area contributed by atoms with Crippen LogP contribution in [0.4, 0.5) is 16.6 Å². The molecule has 0 radical (unpaired) electrons. The molecule has 2 heterocycles. The Morgan fingerprint density at radius 1 is 1.14 bits per heavy atom. The summed E-state index contributed by atoms with van der Waals surface area (Å²) in [4.78, 5) is 13.1. The highest BCUT2D eigenvalue weighted by atomic mass is 32.1. The van der Waals surface area contributed by atoms with Crippen LogP contribution in [0.1, 0.15) is 24.6 Å². The number of nitrogens with one attached hydrogen (secondary N) is 1. The average molecular weight is 312 g/mol.